The van der Waals surface area contributed by atoms with Gasteiger partial charge in [0.2, 0.25) is 11.8 Å². The number of fused-ring (bicyclic) bond motifs is 1. The van der Waals surface area contributed by atoms with E-state index in [9.17, 15) is 18.0 Å². The van der Waals surface area contributed by atoms with Crippen LogP contribution in [0.1, 0.15) is 46.9 Å². The van der Waals surface area contributed by atoms with Crippen LogP contribution in [0.2, 0.25) is 0 Å². The highest BCUT2D eigenvalue weighted by atomic mass is 19.4. The van der Waals surface area contributed by atoms with Gasteiger partial charge in [0.05, 0.1) is 23.4 Å². The van der Waals surface area contributed by atoms with Gasteiger partial charge in [-0.15, -0.1) is 0 Å². The first kappa shape index (κ1) is 24.1. The number of ether oxygens (including phenoxy) is 1. The highest BCUT2D eigenvalue weighted by Crippen LogP contribution is 2.33. The van der Waals surface area contributed by atoms with E-state index < -0.39 is 11.7 Å². The lowest BCUT2D eigenvalue weighted by atomic mass is 9.99. The molecule has 1 amide bonds. The van der Waals surface area contributed by atoms with Crippen LogP contribution in [0.4, 0.5) is 19.1 Å². The number of para-hydroxylation sites is 1. The van der Waals surface area contributed by atoms with Crippen LogP contribution < -0.4 is 9.64 Å². The molecule has 6 nitrogen and oxygen atoms in total. The topological polar surface area (TPSA) is 58.6 Å². The first-order valence-electron chi connectivity index (χ1n) is 12.1. The Balaban J connectivity index is 1.43. The van der Waals surface area contributed by atoms with Gasteiger partial charge in [0.1, 0.15) is 5.75 Å². The van der Waals surface area contributed by atoms with Gasteiger partial charge >= 0.3 is 6.18 Å². The number of benzene rings is 2. The van der Waals surface area contributed by atoms with Crippen LogP contribution in [0.15, 0.2) is 54.6 Å². The molecule has 1 aromatic heterocycles. The van der Waals surface area contributed by atoms with Crippen LogP contribution >= 0.6 is 0 Å². The molecule has 0 saturated carbocycles. The van der Waals surface area contributed by atoms with Gasteiger partial charge in [-0.2, -0.15) is 18.2 Å². The summed E-state index contributed by atoms with van der Waals surface area (Å²) in [5.41, 5.74) is 0.979. The molecule has 0 unspecified atom stereocenters. The third-order valence-corrected chi connectivity index (χ3v) is 6.78. The highest BCUT2D eigenvalue weighted by Gasteiger charge is 2.32. The zero-order chi connectivity index (χ0) is 25.3. The summed E-state index contributed by atoms with van der Waals surface area (Å²) in [5.74, 6) is 2.00. The molecule has 0 atom stereocenters. The summed E-state index contributed by atoms with van der Waals surface area (Å²) in [6.07, 6.45) is -1.79. The smallest absolute Gasteiger partial charge is 0.416 e. The molecule has 3 aromatic rings. The molecule has 3 heterocycles. The van der Waals surface area contributed by atoms with Crippen molar-refractivity contribution < 1.29 is 22.7 Å². The largest absolute Gasteiger partial charge is 0.438 e. The molecule has 9 heteroatoms. The molecular weight excluding hydrogens is 469 g/mol. The quantitative estimate of drug-likeness (QED) is 0.462. The zero-order valence-electron chi connectivity index (χ0n) is 20.0. The highest BCUT2D eigenvalue weighted by molar-refractivity contribution is 5.94. The van der Waals surface area contributed by atoms with Crippen LogP contribution in [0, 0.1) is 5.92 Å². The monoisotopic (exact) mass is 496 g/mol. The minimum Gasteiger partial charge on any atom is -0.438 e. The predicted molar refractivity (Wildman–Crippen MR) is 129 cm³/mol. The van der Waals surface area contributed by atoms with E-state index in [1.165, 1.54) is 12.1 Å². The second-order valence-corrected chi connectivity index (χ2v) is 9.39. The number of halogens is 3. The van der Waals surface area contributed by atoms with Gasteiger partial charge in [-0.1, -0.05) is 25.1 Å². The molecule has 36 heavy (non-hydrogen) atoms. The molecule has 0 aliphatic carbocycles. The van der Waals surface area contributed by atoms with E-state index in [-0.39, 0.29) is 18.0 Å². The maximum absolute atomic E-state index is 13.1. The molecule has 0 N–H and O–H groups in total. The fraction of sp³-hybridized carbons (Fsp3) is 0.370. The second kappa shape index (κ2) is 9.79. The van der Waals surface area contributed by atoms with Crippen molar-refractivity contribution in [3.8, 4) is 11.6 Å². The maximum atomic E-state index is 13.1. The van der Waals surface area contributed by atoms with Gasteiger partial charge in [0.15, 0.2) is 0 Å². The molecule has 2 aliphatic heterocycles. The number of anilines is 1. The Bertz CT molecular complexity index is 1220. The van der Waals surface area contributed by atoms with E-state index in [4.69, 9.17) is 14.7 Å². The Morgan fingerprint density at radius 3 is 2.33 bits per heavy atom. The number of hydrogen-bond donors (Lipinski definition) is 0. The van der Waals surface area contributed by atoms with E-state index in [1.54, 1.807) is 4.90 Å². The SMILES string of the molecule is CC1CCN(c2nc3c(c(Oc4ccccc4)n2)CN(C(=O)c2ccc(C(F)(F)F)cc2)CC3)CC1. The predicted octanol–water partition coefficient (Wildman–Crippen LogP) is 5.72. The van der Waals surface area contributed by atoms with Crippen LogP contribution in [0.25, 0.3) is 0 Å². The molecule has 0 bridgehead atoms. The number of hydrogen-bond acceptors (Lipinski definition) is 5. The number of rotatable bonds is 4. The van der Waals surface area contributed by atoms with Gasteiger partial charge < -0.3 is 14.5 Å². The standard InChI is InChI=1S/C27H27F3N4O2/c1-18-11-14-33(15-12-18)26-31-23-13-16-34(25(35)19-7-9-20(10-8-19)27(28,29)30)17-22(23)24(32-26)36-21-5-3-2-4-6-21/h2-10,18H,11-17H2,1H3. The van der Waals surface area contributed by atoms with Gasteiger partial charge in [-0.25, -0.2) is 4.98 Å². The van der Waals surface area contributed by atoms with E-state index in [0.717, 1.165) is 49.3 Å². The summed E-state index contributed by atoms with van der Waals surface area (Å²) in [6, 6.07) is 13.6. The molecule has 0 spiro atoms. The third-order valence-electron chi connectivity index (χ3n) is 6.78. The van der Waals surface area contributed by atoms with E-state index in [2.05, 4.69) is 11.8 Å². The molecule has 188 valence electrons. The molecular formula is C27H27F3N4O2. The van der Waals surface area contributed by atoms with Crippen molar-refractivity contribution in [1.82, 2.24) is 14.9 Å². The lowest BCUT2D eigenvalue weighted by molar-refractivity contribution is -0.137. The number of alkyl halides is 3. The summed E-state index contributed by atoms with van der Waals surface area (Å²) in [6.45, 7) is 4.63. The maximum Gasteiger partial charge on any atom is 0.416 e. The Labute approximate surface area is 207 Å². The normalized spacial score (nSPS) is 16.6. The van der Waals surface area contributed by atoms with Gasteiger partial charge in [0.25, 0.3) is 5.91 Å². The minimum atomic E-state index is -4.45. The zero-order valence-corrected chi connectivity index (χ0v) is 20.0. The van der Waals surface area contributed by atoms with Gasteiger partial charge in [0, 0.05) is 31.6 Å². The molecule has 1 saturated heterocycles. The lowest BCUT2D eigenvalue weighted by Crippen LogP contribution is -2.38. The number of amides is 1. The summed E-state index contributed by atoms with van der Waals surface area (Å²) in [7, 11) is 0. The Kier molecular flexibility index (Phi) is 6.55. The fourth-order valence-electron chi connectivity index (χ4n) is 4.56. The molecule has 1 fully saturated rings. The number of carbonyl (C=O) groups excluding carboxylic acids is 1. The Morgan fingerprint density at radius 1 is 0.972 bits per heavy atom. The van der Waals surface area contributed by atoms with Crippen molar-refractivity contribution in [1.29, 1.82) is 0 Å². The Morgan fingerprint density at radius 2 is 1.67 bits per heavy atom. The first-order chi connectivity index (χ1) is 17.3. The minimum absolute atomic E-state index is 0.206. The van der Waals surface area contributed by atoms with Crippen molar-refractivity contribution in [2.45, 2.75) is 38.9 Å². The summed E-state index contributed by atoms with van der Waals surface area (Å²) < 4.78 is 44.9. The molecule has 0 radical (unpaired) electrons. The number of carbonyl (C=O) groups is 1. The van der Waals surface area contributed by atoms with Crippen molar-refractivity contribution in [3.05, 3.63) is 77.0 Å². The Hall–Kier alpha value is -3.62. The fourth-order valence-corrected chi connectivity index (χ4v) is 4.56. The van der Waals surface area contributed by atoms with Crippen LogP contribution in [0.3, 0.4) is 0 Å². The summed E-state index contributed by atoms with van der Waals surface area (Å²) >= 11 is 0. The number of nitrogens with zero attached hydrogens (tertiary/aromatic N) is 4. The first-order valence-corrected chi connectivity index (χ1v) is 12.1. The average Bonchev–Trinajstić information content (AvgIpc) is 2.88. The summed E-state index contributed by atoms with van der Waals surface area (Å²) in [4.78, 5) is 26.5. The summed E-state index contributed by atoms with van der Waals surface area (Å²) in [5, 5.41) is 0. The van der Waals surface area contributed by atoms with Crippen molar-refractivity contribution in [3.63, 3.8) is 0 Å². The van der Waals surface area contributed by atoms with Crippen LogP contribution in [-0.2, 0) is 19.1 Å². The van der Waals surface area contributed by atoms with Gasteiger partial charge in [-0.3, -0.25) is 4.79 Å². The van der Waals surface area contributed by atoms with Crippen molar-refractivity contribution in [2.24, 2.45) is 5.92 Å². The van der Waals surface area contributed by atoms with Crippen LogP contribution in [0.5, 0.6) is 11.6 Å². The third kappa shape index (κ3) is 5.15. The molecule has 5 rings (SSSR count). The molecule has 2 aromatic carbocycles. The number of aromatic nitrogens is 2. The van der Waals surface area contributed by atoms with Gasteiger partial charge in [-0.05, 0) is 55.2 Å². The van der Waals surface area contributed by atoms with E-state index in [1.807, 2.05) is 30.3 Å². The van der Waals surface area contributed by atoms with Crippen molar-refractivity contribution >= 4 is 11.9 Å². The average molecular weight is 497 g/mol. The van der Waals surface area contributed by atoms with E-state index in [0.29, 0.717) is 36.5 Å². The van der Waals surface area contributed by atoms with E-state index >= 15 is 0 Å². The lowest BCUT2D eigenvalue weighted by Gasteiger charge is -2.33. The van der Waals surface area contributed by atoms with Crippen LogP contribution in [-0.4, -0.2) is 40.4 Å². The molecule has 2 aliphatic rings. The van der Waals surface area contributed by atoms with Crippen molar-refractivity contribution in [2.75, 3.05) is 24.5 Å². The second-order valence-electron chi connectivity index (χ2n) is 9.39. The number of piperidine rings is 1.